The molecule has 2 fully saturated rings. The lowest BCUT2D eigenvalue weighted by Crippen LogP contribution is -2.63. The van der Waals surface area contributed by atoms with E-state index in [0.717, 1.165) is 43.2 Å². The van der Waals surface area contributed by atoms with Crippen molar-refractivity contribution < 1.29 is 13.9 Å². The van der Waals surface area contributed by atoms with Gasteiger partial charge in [0.1, 0.15) is 22.8 Å². The number of nitriles is 1. The Morgan fingerprint density at radius 1 is 1.31 bits per heavy atom. The van der Waals surface area contributed by atoms with Crippen LogP contribution in [0.25, 0.3) is 22.2 Å². The van der Waals surface area contributed by atoms with Gasteiger partial charge in [0.15, 0.2) is 5.82 Å². The highest BCUT2D eigenvalue weighted by Gasteiger charge is 2.49. The van der Waals surface area contributed by atoms with E-state index in [0.29, 0.717) is 24.2 Å². The maximum atomic E-state index is 16.2. The number of benzene rings is 1. The van der Waals surface area contributed by atoms with Crippen LogP contribution in [-0.4, -0.2) is 53.1 Å². The van der Waals surface area contributed by atoms with Crippen molar-refractivity contribution >= 4 is 22.5 Å². The molecule has 0 N–H and O–H groups in total. The molecule has 4 heterocycles. The van der Waals surface area contributed by atoms with Crippen LogP contribution in [0.15, 0.2) is 37.1 Å². The number of fused-ring (bicyclic) bond motifs is 3. The van der Waals surface area contributed by atoms with E-state index in [9.17, 15) is 10.1 Å². The molecule has 182 valence electrons. The zero-order chi connectivity index (χ0) is 25.0. The highest BCUT2D eigenvalue weighted by Crippen LogP contribution is 2.44. The van der Waals surface area contributed by atoms with Gasteiger partial charge in [-0.2, -0.15) is 5.26 Å². The molecule has 1 amide bonds. The topological polar surface area (TPSA) is 82.4 Å². The van der Waals surface area contributed by atoms with Gasteiger partial charge in [-0.3, -0.25) is 9.78 Å². The standard InChI is InChI=1S/C28H26FN5O2/c1-3-23(35)33-12-11-21-22(33)15-34(21)27-19(13-30)28(36-2)32-26-20(27)14-31-25(24(26)29)18-10-6-8-16-7-4-5-9-17(16)18/h3,6,8,10,14,21-22H,1,4-5,7,9,11-12,15H2,2H3/t21-,22-/m1/s1. The van der Waals surface area contributed by atoms with Crippen LogP contribution in [0, 0.1) is 17.1 Å². The Kier molecular flexibility index (Phi) is 5.36. The molecule has 0 unspecified atom stereocenters. The fourth-order valence-electron chi connectivity index (χ4n) is 6.16. The van der Waals surface area contributed by atoms with Crippen molar-refractivity contribution in [2.75, 3.05) is 25.1 Å². The molecule has 1 aliphatic carbocycles. The second-order valence-corrected chi connectivity index (χ2v) is 9.60. The largest absolute Gasteiger partial charge is 0.480 e. The number of hydrogen-bond donors (Lipinski definition) is 0. The first-order valence-electron chi connectivity index (χ1n) is 12.3. The molecule has 2 aliphatic heterocycles. The molecule has 0 radical (unpaired) electrons. The van der Waals surface area contributed by atoms with Gasteiger partial charge in [0.2, 0.25) is 11.8 Å². The van der Waals surface area contributed by atoms with Gasteiger partial charge in [0, 0.05) is 30.2 Å². The van der Waals surface area contributed by atoms with Gasteiger partial charge in [-0.15, -0.1) is 0 Å². The Bertz CT molecular complexity index is 1460. The van der Waals surface area contributed by atoms with Crippen LogP contribution >= 0.6 is 0 Å². The van der Waals surface area contributed by atoms with Gasteiger partial charge in [-0.25, -0.2) is 9.37 Å². The minimum atomic E-state index is -0.512. The van der Waals surface area contributed by atoms with Gasteiger partial charge >= 0.3 is 0 Å². The number of pyridine rings is 2. The molecule has 0 saturated carbocycles. The number of aryl methyl sites for hydroxylation is 1. The molecule has 2 saturated heterocycles. The molecular weight excluding hydrogens is 457 g/mol. The summed E-state index contributed by atoms with van der Waals surface area (Å²) in [5.41, 5.74) is 4.44. The lowest BCUT2D eigenvalue weighted by atomic mass is 9.87. The first kappa shape index (κ1) is 22.5. The molecule has 6 rings (SSSR count). The van der Waals surface area contributed by atoms with Gasteiger partial charge in [-0.05, 0) is 49.3 Å². The first-order valence-corrected chi connectivity index (χ1v) is 12.3. The number of aromatic nitrogens is 2. The third kappa shape index (κ3) is 3.19. The summed E-state index contributed by atoms with van der Waals surface area (Å²) in [5.74, 6) is -0.516. The third-order valence-electron chi connectivity index (χ3n) is 7.91. The summed E-state index contributed by atoms with van der Waals surface area (Å²) in [4.78, 5) is 25.2. The highest BCUT2D eigenvalue weighted by atomic mass is 19.1. The number of nitrogens with zero attached hydrogens (tertiary/aromatic N) is 5. The average Bonchev–Trinajstić information content (AvgIpc) is 3.24. The summed E-state index contributed by atoms with van der Waals surface area (Å²) in [6, 6.07) is 8.26. The first-order chi connectivity index (χ1) is 17.6. The lowest BCUT2D eigenvalue weighted by Gasteiger charge is -2.48. The van der Waals surface area contributed by atoms with Crippen LogP contribution in [0.4, 0.5) is 10.1 Å². The average molecular weight is 484 g/mol. The Morgan fingerprint density at radius 2 is 2.14 bits per heavy atom. The third-order valence-corrected chi connectivity index (χ3v) is 7.91. The Morgan fingerprint density at radius 3 is 2.92 bits per heavy atom. The SMILES string of the molecule is C=CC(=O)N1CC[C@@H]2[C@H]1CN2c1c(C#N)c(OC)nc2c(F)c(-c3cccc4c3CCCC4)ncc12. The van der Waals surface area contributed by atoms with Gasteiger partial charge < -0.3 is 14.5 Å². The van der Waals surface area contributed by atoms with Crippen LogP contribution in [0.2, 0.25) is 0 Å². The van der Waals surface area contributed by atoms with Crippen molar-refractivity contribution in [3.05, 3.63) is 59.6 Å². The van der Waals surface area contributed by atoms with Gasteiger partial charge in [0.25, 0.3) is 0 Å². The van der Waals surface area contributed by atoms with E-state index in [1.807, 2.05) is 17.0 Å². The van der Waals surface area contributed by atoms with Crippen LogP contribution in [0.5, 0.6) is 5.88 Å². The molecule has 3 aliphatic rings. The summed E-state index contributed by atoms with van der Waals surface area (Å²) < 4.78 is 21.6. The highest BCUT2D eigenvalue weighted by molar-refractivity contribution is 5.98. The summed E-state index contributed by atoms with van der Waals surface area (Å²) in [7, 11) is 1.44. The Labute approximate surface area is 208 Å². The number of rotatable bonds is 4. The summed E-state index contributed by atoms with van der Waals surface area (Å²) in [6.07, 6.45) is 7.82. The normalized spacial score (nSPS) is 20.4. The number of ether oxygens (including phenoxy) is 1. The summed E-state index contributed by atoms with van der Waals surface area (Å²) in [5, 5.41) is 10.5. The molecule has 1 aromatic carbocycles. The van der Waals surface area contributed by atoms with Crippen LogP contribution in [-0.2, 0) is 17.6 Å². The molecular formula is C28H26FN5O2. The van der Waals surface area contributed by atoms with Gasteiger partial charge in [-0.1, -0.05) is 24.8 Å². The number of hydrogen-bond acceptors (Lipinski definition) is 6. The van der Waals surface area contributed by atoms with E-state index in [2.05, 4.69) is 33.6 Å². The molecule has 0 spiro atoms. The van der Waals surface area contributed by atoms with E-state index in [1.165, 1.54) is 18.7 Å². The molecule has 8 heteroatoms. The lowest BCUT2D eigenvalue weighted by molar-refractivity contribution is -0.127. The summed E-state index contributed by atoms with van der Waals surface area (Å²) >= 11 is 0. The molecule has 3 aromatic rings. The van der Waals surface area contributed by atoms with Gasteiger partial charge in [0.05, 0.1) is 24.9 Å². The fourth-order valence-corrected chi connectivity index (χ4v) is 6.16. The Balaban J connectivity index is 1.50. The van der Waals surface area contributed by atoms with Crippen molar-refractivity contribution in [1.29, 1.82) is 5.26 Å². The number of amides is 1. The molecule has 7 nitrogen and oxygen atoms in total. The second-order valence-electron chi connectivity index (χ2n) is 9.60. The smallest absolute Gasteiger partial charge is 0.246 e. The zero-order valence-corrected chi connectivity index (χ0v) is 20.1. The number of carbonyl (C=O) groups excluding carboxylic acids is 1. The summed E-state index contributed by atoms with van der Waals surface area (Å²) in [6.45, 7) is 4.76. The zero-order valence-electron chi connectivity index (χ0n) is 20.1. The maximum absolute atomic E-state index is 16.2. The van der Waals surface area contributed by atoms with Crippen molar-refractivity contribution in [3.63, 3.8) is 0 Å². The maximum Gasteiger partial charge on any atom is 0.246 e. The van der Waals surface area contributed by atoms with E-state index in [4.69, 9.17) is 4.74 Å². The van der Waals surface area contributed by atoms with Crippen LogP contribution in [0.3, 0.4) is 0 Å². The molecule has 2 atom stereocenters. The second kappa shape index (κ2) is 8.59. The van der Waals surface area contributed by atoms with E-state index < -0.39 is 5.82 Å². The minimum Gasteiger partial charge on any atom is -0.480 e. The number of carbonyl (C=O) groups is 1. The minimum absolute atomic E-state index is 0.0280. The Hall–Kier alpha value is -3.99. The number of likely N-dealkylation sites (tertiary alicyclic amines) is 1. The monoisotopic (exact) mass is 483 g/mol. The van der Waals surface area contributed by atoms with E-state index in [-0.39, 0.29) is 40.6 Å². The predicted molar refractivity (Wildman–Crippen MR) is 134 cm³/mol. The van der Waals surface area contributed by atoms with Crippen molar-refractivity contribution in [2.24, 2.45) is 0 Å². The van der Waals surface area contributed by atoms with E-state index >= 15 is 4.39 Å². The number of halogens is 1. The predicted octanol–water partition coefficient (Wildman–Crippen LogP) is 4.17. The van der Waals surface area contributed by atoms with Crippen LogP contribution in [0.1, 0.15) is 36.0 Å². The van der Waals surface area contributed by atoms with Crippen molar-refractivity contribution in [1.82, 2.24) is 14.9 Å². The molecule has 2 aromatic heterocycles. The molecule has 36 heavy (non-hydrogen) atoms. The van der Waals surface area contributed by atoms with Crippen LogP contribution < -0.4 is 9.64 Å². The quantitative estimate of drug-likeness (QED) is 0.518. The molecule has 0 bridgehead atoms. The fraction of sp³-hybridized carbons (Fsp3) is 0.357. The van der Waals surface area contributed by atoms with Crippen molar-refractivity contribution in [2.45, 2.75) is 44.2 Å². The van der Waals surface area contributed by atoms with Crippen molar-refractivity contribution in [3.8, 4) is 23.2 Å². The number of anilines is 1. The number of methoxy groups -OCH3 is 1. The van der Waals surface area contributed by atoms with E-state index in [1.54, 1.807) is 6.20 Å².